The van der Waals surface area contributed by atoms with E-state index in [2.05, 4.69) is 35.9 Å². The Morgan fingerprint density at radius 2 is 1.84 bits per heavy atom. The summed E-state index contributed by atoms with van der Waals surface area (Å²) in [7, 11) is 1.68. The lowest BCUT2D eigenvalue weighted by atomic mass is 9.84. The van der Waals surface area contributed by atoms with Crippen LogP contribution in [0.25, 0.3) is 5.65 Å². The number of anilines is 2. The van der Waals surface area contributed by atoms with Crippen molar-refractivity contribution in [2.24, 2.45) is 0 Å². The Balaban J connectivity index is 1.47. The van der Waals surface area contributed by atoms with Crippen molar-refractivity contribution in [3.8, 4) is 17.4 Å². The predicted octanol–water partition coefficient (Wildman–Crippen LogP) is 3.42. The van der Waals surface area contributed by atoms with E-state index in [0.29, 0.717) is 36.1 Å². The van der Waals surface area contributed by atoms with Crippen LogP contribution in [0, 0.1) is 0 Å². The van der Waals surface area contributed by atoms with Crippen LogP contribution in [0.1, 0.15) is 36.7 Å². The van der Waals surface area contributed by atoms with Gasteiger partial charge < -0.3 is 24.8 Å². The second-order valence-electron chi connectivity index (χ2n) is 10.2. The lowest BCUT2D eigenvalue weighted by Gasteiger charge is -2.33. The van der Waals surface area contributed by atoms with Gasteiger partial charge in [-0.2, -0.15) is 0 Å². The van der Waals surface area contributed by atoms with E-state index in [-0.39, 0.29) is 23.7 Å². The highest BCUT2D eigenvalue weighted by Gasteiger charge is 2.29. The summed E-state index contributed by atoms with van der Waals surface area (Å²) >= 11 is 0. The maximum absolute atomic E-state index is 13.6. The van der Waals surface area contributed by atoms with Gasteiger partial charge in [0.05, 0.1) is 26.0 Å². The first-order chi connectivity index (χ1) is 18.2. The number of fused-ring (bicyclic) bond motifs is 1. The van der Waals surface area contributed by atoms with E-state index in [1.54, 1.807) is 23.9 Å². The molecule has 2 N–H and O–H groups in total. The number of ketones is 1. The van der Waals surface area contributed by atoms with E-state index in [9.17, 15) is 4.79 Å². The quantitative estimate of drug-likeness (QED) is 0.294. The third-order valence-electron chi connectivity index (χ3n) is 6.51. The molecule has 3 heterocycles. The van der Waals surface area contributed by atoms with E-state index < -0.39 is 0 Å². The van der Waals surface area contributed by atoms with Gasteiger partial charge in [-0.1, -0.05) is 43.5 Å². The highest BCUT2D eigenvalue weighted by molar-refractivity contribution is 5.97. The Morgan fingerprint density at radius 3 is 2.53 bits per heavy atom. The van der Waals surface area contributed by atoms with Gasteiger partial charge in [0.25, 0.3) is 5.88 Å². The minimum Gasteiger partial charge on any atom is -0.494 e. The summed E-state index contributed by atoms with van der Waals surface area (Å²) in [6.45, 7) is 9.06. The first kappa shape index (κ1) is 25.5. The van der Waals surface area contributed by atoms with Gasteiger partial charge >= 0.3 is 11.6 Å². The third kappa shape index (κ3) is 5.12. The van der Waals surface area contributed by atoms with Crippen molar-refractivity contribution in [3.05, 3.63) is 65.7 Å². The largest absolute Gasteiger partial charge is 0.494 e. The van der Waals surface area contributed by atoms with Crippen molar-refractivity contribution >= 4 is 23.1 Å². The smallest absolute Gasteiger partial charge is 0.355 e. The molecule has 1 aliphatic heterocycles. The molecule has 198 valence electrons. The second-order valence-corrected chi connectivity index (χ2v) is 10.2. The number of para-hydroxylation sites is 1. The van der Waals surface area contributed by atoms with Crippen LogP contribution in [0.5, 0.6) is 17.4 Å². The number of rotatable bonds is 7. The first-order valence-corrected chi connectivity index (χ1v) is 12.6. The molecule has 0 unspecified atom stereocenters. The molecule has 0 bridgehead atoms. The fraction of sp³-hybridized carbons (Fsp3) is 0.357. The van der Waals surface area contributed by atoms with Crippen LogP contribution in [0.2, 0.25) is 0 Å². The number of nitrogens with zero attached hydrogens (tertiary/aromatic N) is 5. The van der Waals surface area contributed by atoms with Crippen LogP contribution >= 0.6 is 0 Å². The van der Waals surface area contributed by atoms with Crippen LogP contribution < -0.4 is 24.8 Å². The number of benzene rings is 2. The second kappa shape index (κ2) is 10.3. The van der Waals surface area contributed by atoms with Crippen molar-refractivity contribution in [1.29, 1.82) is 0 Å². The predicted molar refractivity (Wildman–Crippen MR) is 143 cm³/mol. The Kier molecular flexibility index (Phi) is 6.90. The topological polar surface area (TPSA) is 108 Å². The number of carbonyl (C=O) groups excluding carboxylic acids is 1. The van der Waals surface area contributed by atoms with Crippen LogP contribution in [0.15, 0.2) is 54.6 Å². The minimum absolute atomic E-state index is 0.000266. The number of aromatic nitrogens is 4. The van der Waals surface area contributed by atoms with Gasteiger partial charge in [-0.05, 0) is 39.9 Å². The van der Waals surface area contributed by atoms with Crippen LogP contribution in [-0.4, -0.2) is 53.9 Å². The normalized spacial score (nSPS) is 14.1. The highest BCUT2D eigenvalue weighted by atomic mass is 16.5. The number of ether oxygens (including phenoxy) is 3. The number of hydrogen-bond acceptors (Lipinski definition) is 8. The third-order valence-corrected chi connectivity index (χ3v) is 6.51. The van der Waals surface area contributed by atoms with E-state index in [1.807, 2.05) is 42.5 Å². The number of morpholine rings is 1. The highest BCUT2D eigenvalue weighted by Crippen LogP contribution is 2.40. The van der Waals surface area contributed by atoms with Gasteiger partial charge in [-0.15, -0.1) is 4.68 Å². The summed E-state index contributed by atoms with van der Waals surface area (Å²) in [5.41, 5.74) is 8.95. The average Bonchev–Trinajstić information content (AvgIpc) is 3.22. The summed E-state index contributed by atoms with van der Waals surface area (Å²) < 4.78 is 20.3. The van der Waals surface area contributed by atoms with Gasteiger partial charge in [-0.3, -0.25) is 4.79 Å². The molecule has 4 aromatic rings. The summed E-state index contributed by atoms with van der Waals surface area (Å²) in [6, 6.07) is 16.7. The molecule has 10 heteroatoms. The van der Waals surface area contributed by atoms with E-state index >= 15 is 0 Å². The van der Waals surface area contributed by atoms with Crippen molar-refractivity contribution in [2.75, 3.05) is 44.0 Å². The Labute approximate surface area is 221 Å². The lowest BCUT2D eigenvalue weighted by Crippen LogP contribution is -2.41. The monoisotopic (exact) mass is 517 g/mol. The lowest BCUT2D eigenvalue weighted by molar-refractivity contribution is -0.714. The zero-order valence-corrected chi connectivity index (χ0v) is 22.2. The molecule has 2 aromatic heterocycles. The Bertz CT molecular complexity index is 1460. The van der Waals surface area contributed by atoms with E-state index in [1.165, 1.54) is 4.52 Å². The summed E-state index contributed by atoms with van der Waals surface area (Å²) in [6.07, 6.45) is 0. The average molecular weight is 518 g/mol. The van der Waals surface area contributed by atoms with Crippen molar-refractivity contribution in [3.63, 3.8) is 0 Å². The van der Waals surface area contributed by atoms with Gasteiger partial charge in [-0.25, -0.2) is 0 Å². The molecule has 5 rings (SSSR count). The number of methoxy groups -OCH3 is 1. The van der Waals surface area contributed by atoms with Crippen molar-refractivity contribution < 1.29 is 23.7 Å². The molecule has 0 spiro atoms. The Hall–Kier alpha value is -4.18. The molecular formula is C28H33N6O4+. The van der Waals surface area contributed by atoms with E-state index in [4.69, 9.17) is 19.9 Å². The van der Waals surface area contributed by atoms with Gasteiger partial charge in [0.15, 0.2) is 6.54 Å². The first-order valence-electron chi connectivity index (χ1n) is 12.6. The SMILES string of the molecule is COc1c(N2CCOCC2)cc(C(=O)C[n+]2nc(N)n3nc(Oc4ccccc4)ccc32)cc1C(C)(C)C. The molecule has 0 atom stereocenters. The van der Waals surface area contributed by atoms with Crippen molar-refractivity contribution in [2.45, 2.75) is 32.7 Å². The summed E-state index contributed by atoms with van der Waals surface area (Å²) in [5, 5.41) is 8.84. The van der Waals surface area contributed by atoms with Crippen LogP contribution in [0.3, 0.4) is 0 Å². The maximum Gasteiger partial charge on any atom is 0.355 e. The van der Waals surface area contributed by atoms with Crippen molar-refractivity contribution in [1.82, 2.24) is 14.7 Å². The van der Waals surface area contributed by atoms with Gasteiger partial charge in [0.1, 0.15) is 11.5 Å². The van der Waals surface area contributed by atoms with E-state index in [0.717, 1.165) is 30.1 Å². The molecule has 1 aliphatic rings. The number of nitrogens with two attached hydrogens (primary N) is 1. The molecule has 0 radical (unpaired) electrons. The van der Waals surface area contributed by atoms with Gasteiger partial charge in [0.2, 0.25) is 5.78 Å². The molecular weight excluding hydrogens is 484 g/mol. The Morgan fingerprint density at radius 1 is 1.11 bits per heavy atom. The minimum atomic E-state index is -0.236. The summed E-state index contributed by atoms with van der Waals surface area (Å²) in [5.74, 6) is 1.88. The molecule has 1 fully saturated rings. The molecule has 0 aliphatic carbocycles. The summed E-state index contributed by atoms with van der Waals surface area (Å²) in [4.78, 5) is 15.9. The van der Waals surface area contributed by atoms with Crippen LogP contribution in [-0.2, 0) is 16.7 Å². The molecule has 2 aromatic carbocycles. The fourth-order valence-electron chi connectivity index (χ4n) is 4.57. The molecule has 10 nitrogen and oxygen atoms in total. The maximum atomic E-state index is 13.6. The zero-order valence-electron chi connectivity index (χ0n) is 22.2. The zero-order chi connectivity index (χ0) is 26.9. The number of hydrogen-bond donors (Lipinski definition) is 1. The molecule has 1 saturated heterocycles. The molecule has 38 heavy (non-hydrogen) atoms. The van der Waals surface area contributed by atoms with Gasteiger partial charge in [0, 0.05) is 36.3 Å². The molecule has 0 saturated carbocycles. The number of nitrogen functional groups attached to an aromatic ring is 1. The molecule has 0 amide bonds. The van der Waals surface area contributed by atoms with Crippen LogP contribution in [0.4, 0.5) is 11.6 Å². The number of carbonyl (C=O) groups is 1. The standard InChI is InChI=1S/C28H33N6O4/c1-28(2,3)21-16-19(17-22(26(21)36-4)32-12-14-37-15-13-32)23(35)18-33-25-11-10-24(30-34(25)27(29)31-33)38-20-8-6-5-7-9-20/h5-11,16-17H,12-15,18H2,1-4H3,(H2,29,31)/q+1. The fourth-order valence-corrected chi connectivity index (χ4v) is 4.57. The number of Topliss-reactive ketones (excluding diaryl/α,β-unsaturated/α-hetero) is 1.